The monoisotopic (exact) mass is 447 g/mol. The molecule has 4 rings (SSSR count). The van der Waals surface area contributed by atoms with Gasteiger partial charge in [-0.1, -0.05) is 54.6 Å². The van der Waals surface area contributed by atoms with E-state index < -0.39 is 5.60 Å². The molecule has 1 N–H and O–H groups in total. The van der Waals surface area contributed by atoms with Crippen LogP contribution >= 0.6 is 0 Å². The van der Waals surface area contributed by atoms with Crippen molar-refractivity contribution in [1.82, 2.24) is 15.2 Å². The second-order valence-corrected chi connectivity index (χ2v) is 8.71. The van der Waals surface area contributed by atoms with Crippen LogP contribution < -0.4 is 5.32 Å². The number of rotatable bonds is 6. The summed E-state index contributed by atoms with van der Waals surface area (Å²) >= 11 is 0. The number of hydrogen-bond acceptors (Lipinski definition) is 5. The van der Waals surface area contributed by atoms with Gasteiger partial charge in [-0.05, 0) is 37.5 Å². The summed E-state index contributed by atoms with van der Waals surface area (Å²) in [5.41, 5.74) is 2.44. The van der Waals surface area contributed by atoms with E-state index in [1.54, 1.807) is 11.8 Å². The molecule has 7 nitrogen and oxygen atoms in total. The van der Waals surface area contributed by atoms with Crippen LogP contribution in [0.3, 0.4) is 0 Å². The number of aryl methyl sites for hydroxylation is 1. The van der Waals surface area contributed by atoms with Crippen molar-refractivity contribution in [2.75, 3.05) is 19.7 Å². The van der Waals surface area contributed by atoms with Crippen molar-refractivity contribution in [3.05, 3.63) is 78.0 Å². The molecule has 0 aliphatic carbocycles. The molecular formula is C26H29N3O4. The third kappa shape index (κ3) is 4.98. The average molecular weight is 448 g/mol. The van der Waals surface area contributed by atoms with Crippen molar-refractivity contribution in [2.45, 2.75) is 38.8 Å². The third-order valence-electron chi connectivity index (χ3n) is 5.77. The summed E-state index contributed by atoms with van der Waals surface area (Å²) in [5.74, 6) is -0.316. The first-order valence-electron chi connectivity index (χ1n) is 11.2. The molecular weight excluding hydrogens is 418 g/mol. The number of benzene rings is 2. The lowest BCUT2D eigenvalue weighted by Crippen LogP contribution is -2.62. The molecule has 1 fully saturated rings. The molecule has 0 radical (unpaired) electrons. The Kier molecular flexibility index (Phi) is 6.60. The first kappa shape index (κ1) is 22.7. The van der Waals surface area contributed by atoms with E-state index in [1.807, 2.05) is 50.2 Å². The maximum Gasteiger partial charge on any atom is 0.291 e. The van der Waals surface area contributed by atoms with Crippen molar-refractivity contribution in [3.8, 4) is 11.1 Å². The number of carbonyl (C=O) groups is 2. The molecule has 0 bridgehead atoms. The van der Waals surface area contributed by atoms with Crippen LogP contribution in [0, 0.1) is 6.92 Å². The van der Waals surface area contributed by atoms with Crippen molar-refractivity contribution < 1.29 is 18.7 Å². The number of aromatic nitrogens is 1. The average Bonchev–Trinajstić information content (AvgIpc) is 3.25. The lowest BCUT2D eigenvalue weighted by Gasteiger charge is -2.41. The Balaban J connectivity index is 1.64. The molecule has 1 saturated heterocycles. The van der Waals surface area contributed by atoms with Gasteiger partial charge in [0.15, 0.2) is 12.0 Å². The van der Waals surface area contributed by atoms with Gasteiger partial charge in [0.05, 0.1) is 18.8 Å². The first-order chi connectivity index (χ1) is 15.9. The summed E-state index contributed by atoms with van der Waals surface area (Å²) in [4.78, 5) is 32.2. The van der Waals surface area contributed by atoms with Gasteiger partial charge in [0.25, 0.3) is 11.8 Å². The first-order valence-corrected chi connectivity index (χ1v) is 11.2. The molecule has 3 aromatic rings. The number of hydrogen-bond donors (Lipinski definition) is 1. The van der Waals surface area contributed by atoms with Gasteiger partial charge in [-0.2, -0.15) is 0 Å². The lowest BCUT2D eigenvalue weighted by atomic mass is 9.89. The van der Waals surface area contributed by atoms with Gasteiger partial charge in [0, 0.05) is 19.0 Å². The predicted molar refractivity (Wildman–Crippen MR) is 125 cm³/mol. The molecule has 2 aromatic carbocycles. The number of nitrogens with one attached hydrogen (secondary N) is 1. The van der Waals surface area contributed by atoms with Crippen molar-refractivity contribution in [2.24, 2.45) is 0 Å². The number of morpholine rings is 1. The number of amides is 2. The summed E-state index contributed by atoms with van der Waals surface area (Å²) in [5, 5.41) is 2.99. The molecule has 1 aromatic heterocycles. The number of carbonyl (C=O) groups excluding carboxylic acids is 2. The summed E-state index contributed by atoms with van der Waals surface area (Å²) in [6, 6.07) is 18.1. The Morgan fingerprint density at radius 3 is 2.58 bits per heavy atom. The lowest BCUT2D eigenvalue weighted by molar-refractivity contribution is -0.157. The highest BCUT2D eigenvalue weighted by Gasteiger charge is 2.46. The van der Waals surface area contributed by atoms with Crippen LogP contribution in [0.5, 0.6) is 0 Å². The molecule has 1 aliphatic rings. The summed E-state index contributed by atoms with van der Waals surface area (Å²) in [6.07, 6.45) is 1.60. The standard InChI is InChI=1S/C26H29N3O4/c1-18(2)28-25(31)26(15-20-8-7-11-22(14-20)21-9-5-4-6-10-21)16-29(12-13-33-26)24(30)23-19(3)27-17-32-23/h4-11,14,17-18H,12-13,15-16H2,1-3H3,(H,28,31)/t26-/m0/s1. The number of nitrogens with zero attached hydrogens (tertiary/aromatic N) is 2. The maximum atomic E-state index is 13.4. The fraction of sp³-hybridized carbons (Fsp3) is 0.346. The van der Waals surface area contributed by atoms with E-state index in [4.69, 9.17) is 9.15 Å². The van der Waals surface area contributed by atoms with E-state index in [-0.39, 0.29) is 36.8 Å². The minimum Gasteiger partial charge on any atom is -0.438 e. The van der Waals surface area contributed by atoms with E-state index in [1.165, 1.54) is 6.39 Å². The fourth-order valence-electron chi connectivity index (χ4n) is 4.15. The third-order valence-corrected chi connectivity index (χ3v) is 5.77. The van der Waals surface area contributed by atoms with E-state index in [0.717, 1.165) is 16.7 Å². The minimum absolute atomic E-state index is 0.0591. The Morgan fingerprint density at radius 1 is 1.12 bits per heavy atom. The molecule has 1 aliphatic heterocycles. The summed E-state index contributed by atoms with van der Waals surface area (Å²) in [7, 11) is 0. The van der Waals surface area contributed by atoms with Crippen LogP contribution in [-0.2, 0) is 16.0 Å². The van der Waals surface area contributed by atoms with E-state index >= 15 is 0 Å². The van der Waals surface area contributed by atoms with Crippen LogP contribution in [0.1, 0.15) is 35.7 Å². The Morgan fingerprint density at radius 2 is 1.88 bits per heavy atom. The highest BCUT2D eigenvalue weighted by atomic mass is 16.5. The quantitative estimate of drug-likeness (QED) is 0.624. The van der Waals surface area contributed by atoms with Crippen LogP contribution in [0.2, 0.25) is 0 Å². The van der Waals surface area contributed by atoms with Crippen molar-refractivity contribution in [1.29, 1.82) is 0 Å². The van der Waals surface area contributed by atoms with Crippen LogP contribution in [0.4, 0.5) is 0 Å². The summed E-state index contributed by atoms with van der Waals surface area (Å²) < 4.78 is 11.5. The largest absolute Gasteiger partial charge is 0.438 e. The highest BCUT2D eigenvalue weighted by Crippen LogP contribution is 2.28. The van der Waals surface area contributed by atoms with Crippen molar-refractivity contribution in [3.63, 3.8) is 0 Å². The van der Waals surface area contributed by atoms with E-state index in [0.29, 0.717) is 18.7 Å². The molecule has 33 heavy (non-hydrogen) atoms. The smallest absolute Gasteiger partial charge is 0.291 e. The molecule has 1 atom stereocenters. The normalized spacial score (nSPS) is 18.4. The number of oxazole rings is 1. The highest BCUT2D eigenvalue weighted by molar-refractivity contribution is 5.94. The molecule has 2 amide bonds. The zero-order valence-corrected chi connectivity index (χ0v) is 19.2. The molecule has 2 heterocycles. The van der Waals surface area contributed by atoms with E-state index in [2.05, 4.69) is 28.5 Å². The topological polar surface area (TPSA) is 84.7 Å². The van der Waals surface area contributed by atoms with Gasteiger partial charge in [0.2, 0.25) is 5.76 Å². The predicted octanol–water partition coefficient (Wildman–Crippen LogP) is 3.63. The van der Waals surface area contributed by atoms with Crippen LogP contribution in [0.15, 0.2) is 65.4 Å². The zero-order valence-electron chi connectivity index (χ0n) is 19.2. The molecule has 172 valence electrons. The molecule has 0 saturated carbocycles. The zero-order chi connectivity index (χ0) is 23.4. The van der Waals surface area contributed by atoms with E-state index in [9.17, 15) is 9.59 Å². The number of ether oxygens (including phenoxy) is 1. The van der Waals surface area contributed by atoms with Gasteiger partial charge in [-0.3, -0.25) is 9.59 Å². The fourth-order valence-corrected chi connectivity index (χ4v) is 4.15. The second-order valence-electron chi connectivity index (χ2n) is 8.71. The van der Waals surface area contributed by atoms with Crippen molar-refractivity contribution >= 4 is 11.8 Å². The maximum absolute atomic E-state index is 13.4. The summed E-state index contributed by atoms with van der Waals surface area (Å²) in [6.45, 7) is 6.30. The second kappa shape index (κ2) is 9.58. The van der Waals surface area contributed by atoms with Crippen LogP contribution in [0.25, 0.3) is 11.1 Å². The Labute approximate surface area is 193 Å². The van der Waals surface area contributed by atoms with Gasteiger partial charge in [0.1, 0.15) is 0 Å². The van der Waals surface area contributed by atoms with Gasteiger partial charge < -0.3 is 19.4 Å². The van der Waals surface area contributed by atoms with Gasteiger partial charge in [-0.25, -0.2) is 4.98 Å². The molecule has 0 spiro atoms. The SMILES string of the molecule is Cc1ncoc1C(=O)N1CCO[C@](Cc2cccc(-c3ccccc3)c2)(C(=O)NC(C)C)C1. The molecule has 0 unspecified atom stereocenters. The van der Waals surface area contributed by atoms with Gasteiger partial charge in [-0.15, -0.1) is 0 Å². The van der Waals surface area contributed by atoms with Crippen LogP contribution in [-0.4, -0.2) is 53.0 Å². The van der Waals surface area contributed by atoms with Gasteiger partial charge >= 0.3 is 0 Å². The Hall–Kier alpha value is -3.45. The Bertz CT molecular complexity index is 1130. The minimum atomic E-state index is -1.21. The molecule has 7 heteroatoms.